The third-order valence-corrected chi connectivity index (χ3v) is 4.04. The van der Waals surface area contributed by atoms with Gasteiger partial charge in [-0.1, -0.05) is 31.9 Å². The fraction of sp³-hybridized carbons (Fsp3) is 0.800. The van der Waals surface area contributed by atoms with E-state index in [1.54, 1.807) is 4.68 Å². The first-order valence-electron chi connectivity index (χ1n) is 7.57. The zero-order chi connectivity index (χ0) is 15.1. The second-order valence-electron chi connectivity index (χ2n) is 5.13. The zero-order valence-corrected chi connectivity index (χ0v) is 14.1. The lowest BCUT2D eigenvalue weighted by atomic mass is 9.98. The number of likely N-dealkylation sites (N-methyl/N-ethyl adjacent to an activating group) is 1. The maximum Gasteiger partial charge on any atom is 0.130 e. The van der Waals surface area contributed by atoms with Crippen LogP contribution in [0.25, 0.3) is 0 Å². The van der Waals surface area contributed by atoms with Crippen LogP contribution >= 0.6 is 11.6 Å². The number of nitrogens with one attached hydrogen (secondary N) is 1. The molecular formula is C15H28ClN3O. The summed E-state index contributed by atoms with van der Waals surface area (Å²) in [5, 5.41) is 8.67. The van der Waals surface area contributed by atoms with E-state index < -0.39 is 0 Å². The van der Waals surface area contributed by atoms with Gasteiger partial charge >= 0.3 is 0 Å². The number of hydrogen-bond acceptors (Lipinski definition) is 3. The second-order valence-corrected chi connectivity index (χ2v) is 5.49. The van der Waals surface area contributed by atoms with Gasteiger partial charge in [-0.3, -0.25) is 4.68 Å². The van der Waals surface area contributed by atoms with Crippen LogP contribution in [0, 0.1) is 6.92 Å². The van der Waals surface area contributed by atoms with Crippen molar-refractivity contribution in [3.8, 4) is 0 Å². The monoisotopic (exact) mass is 301 g/mol. The predicted molar refractivity (Wildman–Crippen MR) is 84.4 cm³/mol. The Morgan fingerprint density at radius 1 is 1.35 bits per heavy atom. The van der Waals surface area contributed by atoms with Gasteiger partial charge in [-0.15, -0.1) is 0 Å². The number of ether oxygens (including phenoxy) is 1. The highest BCUT2D eigenvalue weighted by Gasteiger charge is 2.24. The molecule has 0 bridgehead atoms. The summed E-state index contributed by atoms with van der Waals surface area (Å²) in [6.07, 6.45) is 3.26. The average molecular weight is 302 g/mol. The molecule has 0 spiro atoms. The lowest BCUT2D eigenvalue weighted by Gasteiger charge is -2.27. The van der Waals surface area contributed by atoms with Gasteiger partial charge in [0.25, 0.3) is 0 Å². The highest BCUT2D eigenvalue weighted by molar-refractivity contribution is 6.30. The molecule has 2 unspecified atom stereocenters. The number of nitrogens with zero attached hydrogens (tertiary/aromatic N) is 2. The molecule has 2 atom stereocenters. The number of halogens is 1. The van der Waals surface area contributed by atoms with Crippen LogP contribution in [0.3, 0.4) is 0 Å². The quantitative estimate of drug-likeness (QED) is 0.762. The van der Waals surface area contributed by atoms with Gasteiger partial charge < -0.3 is 10.1 Å². The van der Waals surface area contributed by atoms with Crippen LogP contribution in [0.2, 0.25) is 5.15 Å². The summed E-state index contributed by atoms with van der Waals surface area (Å²) in [6, 6.07) is 0.278. The zero-order valence-electron chi connectivity index (χ0n) is 13.4. The molecule has 0 amide bonds. The van der Waals surface area contributed by atoms with Gasteiger partial charge in [0.2, 0.25) is 0 Å². The van der Waals surface area contributed by atoms with Crippen molar-refractivity contribution in [2.45, 2.75) is 59.1 Å². The SMILES string of the molecule is CCCC(OCC)C(Cc1c(C)nn(C)c1Cl)NCC. The van der Waals surface area contributed by atoms with Gasteiger partial charge in [-0.05, 0) is 33.2 Å². The van der Waals surface area contributed by atoms with E-state index in [4.69, 9.17) is 16.3 Å². The largest absolute Gasteiger partial charge is 0.377 e. The predicted octanol–water partition coefficient (Wildman–Crippen LogP) is 3.11. The van der Waals surface area contributed by atoms with Crippen molar-refractivity contribution in [2.75, 3.05) is 13.2 Å². The molecule has 1 aromatic rings. The molecule has 0 saturated heterocycles. The summed E-state index contributed by atoms with van der Waals surface area (Å²) >= 11 is 6.35. The van der Waals surface area contributed by atoms with Gasteiger partial charge in [0, 0.05) is 25.3 Å². The van der Waals surface area contributed by atoms with Gasteiger partial charge in [0.15, 0.2) is 0 Å². The van der Waals surface area contributed by atoms with Gasteiger partial charge in [0.05, 0.1) is 11.8 Å². The van der Waals surface area contributed by atoms with Crippen molar-refractivity contribution in [3.63, 3.8) is 0 Å². The molecule has 0 saturated carbocycles. The Morgan fingerprint density at radius 2 is 2.05 bits per heavy atom. The minimum atomic E-state index is 0.223. The fourth-order valence-electron chi connectivity index (χ4n) is 2.62. The maximum absolute atomic E-state index is 6.35. The Morgan fingerprint density at radius 3 is 2.50 bits per heavy atom. The molecule has 1 aromatic heterocycles. The molecule has 0 aliphatic carbocycles. The first kappa shape index (κ1) is 17.5. The second kappa shape index (κ2) is 8.65. The number of aryl methyl sites for hydroxylation is 2. The molecule has 0 fully saturated rings. The van der Waals surface area contributed by atoms with E-state index in [1.165, 1.54) is 0 Å². The van der Waals surface area contributed by atoms with Crippen LogP contribution in [-0.2, 0) is 18.2 Å². The summed E-state index contributed by atoms with van der Waals surface area (Å²) in [5.41, 5.74) is 2.13. The minimum absolute atomic E-state index is 0.223. The maximum atomic E-state index is 6.35. The van der Waals surface area contributed by atoms with Gasteiger partial charge in [0.1, 0.15) is 5.15 Å². The van der Waals surface area contributed by atoms with E-state index in [-0.39, 0.29) is 12.1 Å². The molecule has 0 aromatic carbocycles. The topological polar surface area (TPSA) is 39.1 Å². The average Bonchev–Trinajstić information content (AvgIpc) is 2.64. The highest BCUT2D eigenvalue weighted by atomic mass is 35.5. The summed E-state index contributed by atoms with van der Waals surface area (Å²) in [7, 11) is 1.88. The number of rotatable bonds is 9. The van der Waals surface area contributed by atoms with Crippen LogP contribution in [0.5, 0.6) is 0 Å². The Bertz CT molecular complexity index is 400. The van der Waals surface area contributed by atoms with Crippen LogP contribution < -0.4 is 5.32 Å². The van der Waals surface area contributed by atoms with E-state index >= 15 is 0 Å². The van der Waals surface area contributed by atoms with Gasteiger partial charge in [-0.2, -0.15) is 5.10 Å². The molecular weight excluding hydrogens is 274 g/mol. The van der Waals surface area contributed by atoms with Crippen molar-refractivity contribution in [1.29, 1.82) is 0 Å². The van der Waals surface area contributed by atoms with Crippen molar-refractivity contribution < 1.29 is 4.74 Å². The molecule has 116 valence electrons. The first-order chi connectivity index (χ1) is 9.54. The molecule has 1 N–H and O–H groups in total. The first-order valence-corrected chi connectivity index (χ1v) is 7.95. The molecule has 0 radical (unpaired) electrons. The normalized spacial score (nSPS) is 14.5. The minimum Gasteiger partial charge on any atom is -0.377 e. The summed E-state index contributed by atoms with van der Waals surface area (Å²) in [6.45, 7) is 10.0. The van der Waals surface area contributed by atoms with E-state index in [0.717, 1.165) is 48.8 Å². The standard InChI is InChI=1S/C15H28ClN3O/c1-6-9-14(20-8-3)13(17-7-2)10-12-11(4)18-19(5)15(12)16/h13-14,17H,6-10H2,1-5H3. The summed E-state index contributed by atoms with van der Waals surface area (Å²) in [5.74, 6) is 0. The lowest BCUT2D eigenvalue weighted by Crippen LogP contribution is -2.43. The molecule has 0 aliphatic heterocycles. The van der Waals surface area contributed by atoms with Crippen molar-refractivity contribution >= 4 is 11.6 Å². The fourth-order valence-corrected chi connectivity index (χ4v) is 2.87. The van der Waals surface area contributed by atoms with E-state index in [1.807, 2.05) is 20.9 Å². The summed E-state index contributed by atoms with van der Waals surface area (Å²) < 4.78 is 7.66. The van der Waals surface area contributed by atoms with Gasteiger partial charge in [-0.25, -0.2) is 0 Å². The van der Waals surface area contributed by atoms with Crippen molar-refractivity contribution in [3.05, 3.63) is 16.4 Å². The van der Waals surface area contributed by atoms with E-state index in [0.29, 0.717) is 0 Å². The summed E-state index contributed by atoms with van der Waals surface area (Å²) in [4.78, 5) is 0. The molecule has 1 heterocycles. The molecule has 1 rings (SSSR count). The van der Waals surface area contributed by atoms with Crippen molar-refractivity contribution in [1.82, 2.24) is 15.1 Å². The van der Waals surface area contributed by atoms with Crippen LogP contribution in [-0.4, -0.2) is 35.1 Å². The number of hydrogen-bond donors (Lipinski definition) is 1. The smallest absolute Gasteiger partial charge is 0.130 e. The van der Waals surface area contributed by atoms with E-state index in [2.05, 4.69) is 24.3 Å². The molecule has 20 heavy (non-hydrogen) atoms. The lowest BCUT2D eigenvalue weighted by molar-refractivity contribution is 0.0285. The Balaban J connectivity index is 2.89. The highest BCUT2D eigenvalue weighted by Crippen LogP contribution is 2.22. The van der Waals surface area contributed by atoms with E-state index in [9.17, 15) is 0 Å². The molecule has 0 aliphatic rings. The van der Waals surface area contributed by atoms with Crippen LogP contribution in [0.15, 0.2) is 0 Å². The Hall–Kier alpha value is -0.580. The molecule has 5 heteroatoms. The molecule has 4 nitrogen and oxygen atoms in total. The third-order valence-electron chi connectivity index (χ3n) is 3.56. The Labute approximate surface area is 127 Å². The van der Waals surface area contributed by atoms with Crippen molar-refractivity contribution in [2.24, 2.45) is 7.05 Å². The number of aromatic nitrogens is 2. The third kappa shape index (κ3) is 4.47. The van der Waals surface area contributed by atoms with Crippen LogP contribution in [0.1, 0.15) is 44.9 Å². The Kier molecular flexibility index (Phi) is 7.56. The van der Waals surface area contributed by atoms with Crippen LogP contribution in [0.4, 0.5) is 0 Å².